The van der Waals surface area contributed by atoms with Gasteiger partial charge in [0.2, 0.25) is 0 Å². The monoisotopic (exact) mass is 668 g/mol. The van der Waals surface area contributed by atoms with Gasteiger partial charge in [0.1, 0.15) is 0 Å². The van der Waals surface area contributed by atoms with Crippen LogP contribution in [-0.4, -0.2) is 24.4 Å². The Morgan fingerprint density at radius 1 is 0.524 bits per heavy atom. The molecule has 0 atom stereocenters. The van der Waals surface area contributed by atoms with Crippen molar-refractivity contribution in [3.8, 4) is 0 Å². The SMILES string of the molecule is CC(C)(C)OCCCCCCc1c[cH-]c2ccccc12.CC(C)(C)OCCCCCCc1c[cH-]c2ccccc12.Cl.[Zr+2]. The molecule has 0 saturated carbocycles. The van der Waals surface area contributed by atoms with Crippen LogP contribution < -0.4 is 0 Å². The van der Waals surface area contributed by atoms with E-state index in [0.29, 0.717) is 0 Å². The summed E-state index contributed by atoms with van der Waals surface area (Å²) in [6, 6.07) is 26.4. The third-order valence-electron chi connectivity index (χ3n) is 7.29. The molecule has 2 nitrogen and oxygen atoms in total. The van der Waals surface area contributed by atoms with Gasteiger partial charge < -0.3 is 9.47 Å². The second-order valence-electron chi connectivity index (χ2n) is 13.1. The fraction of sp³-hybridized carbons (Fsp3) is 0.526. The molecule has 0 saturated heterocycles. The number of unbranched alkanes of at least 4 members (excludes halogenated alkanes) is 6. The molecule has 230 valence electrons. The van der Waals surface area contributed by atoms with Crippen LogP contribution in [0.5, 0.6) is 0 Å². The van der Waals surface area contributed by atoms with Gasteiger partial charge in [0.15, 0.2) is 0 Å². The van der Waals surface area contributed by atoms with Crippen LogP contribution in [0.2, 0.25) is 0 Å². The van der Waals surface area contributed by atoms with Crippen LogP contribution in [-0.2, 0) is 48.5 Å². The van der Waals surface area contributed by atoms with E-state index in [2.05, 4.69) is 114 Å². The molecule has 0 N–H and O–H groups in total. The van der Waals surface area contributed by atoms with E-state index >= 15 is 0 Å². The maximum Gasteiger partial charge on any atom is 2.00 e. The fourth-order valence-electron chi connectivity index (χ4n) is 5.16. The first-order chi connectivity index (χ1) is 19.1. The van der Waals surface area contributed by atoms with Gasteiger partial charge in [0.25, 0.3) is 0 Å². The first-order valence-corrected chi connectivity index (χ1v) is 15.7. The minimum absolute atomic E-state index is 0. The Balaban J connectivity index is 0.000000401. The van der Waals surface area contributed by atoms with Gasteiger partial charge in [0.05, 0.1) is 11.2 Å². The molecule has 0 heterocycles. The summed E-state index contributed by atoms with van der Waals surface area (Å²) < 4.78 is 11.5. The van der Waals surface area contributed by atoms with Gasteiger partial charge in [-0.3, -0.25) is 0 Å². The van der Waals surface area contributed by atoms with E-state index < -0.39 is 0 Å². The van der Waals surface area contributed by atoms with Crippen LogP contribution in [0.4, 0.5) is 0 Å². The van der Waals surface area contributed by atoms with E-state index in [-0.39, 0.29) is 49.8 Å². The van der Waals surface area contributed by atoms with Crippen LogP contribution in [0.25, 0.3) is 21.5 Å². The van der Waals surface area contributed by atoms with Crippen LogP contribution in [0, 0.1) is 0 Å². The molecular formula is C38H55ClO2Zr. The van der Waals surface area contributed by atoms with E-state index in [1.165, 1.54) is 96.9 Å². The summed E-state index contributed by atoms with van der Waals surface area (Å²) in [7, 11) is 0. The largest absolute Gasteiger partial charge is 2.00 e. The van der Waals surface area contributed by atoms with Gasteiger partial charge in [0, 0.05) is 13.2 Å². The summed E-state index contributed by atoms with van der Waals surface area (Å²) in [5.74, 6) is 0. The number of hydrogen-bond acceptors (Lipinski definition) is 2. The normalized spacial score (nSPS) is 11.6. The molecule has 0 aliphatic rings. The van der Waals surface area contributed by atoms with Crippen molar-refractivity contribution in [2.75, 3.05) is 13.2 Å². The topological polar surface area (TPSA) is 18.5 Å². The zero-order chi connectivity index (χ0) is 28.8. The molecule has 0 amide bonds. The summed E-state index contributed by atoms with van der Waals surface area (Å²) in [6.45, 7) is 14.5. The molecule has 0 spiro atoms. The smallest absolute Gasteiger partial charge is 0.376 e. The number of halogens is 1. The number of rotatable bonds is 14. The summed E-state index contributed by atoms with van der Waals surface area (Å²) >= 11 is 0. The fourth-order valence-corrected chi connectivity index (χ4v) is 5.16. The number of benzene rings is 2. The van der Waals surface area contributed by atoms with Crippen LogP contribution in [0.15, 0.2) is 72.8 Å². The Morgan fingerprint density at radius 3 is 1.26 bits per heavy atom. The second kappa shape index (κ2) is 19.9. The molecule has 0 unspecified atom stereocenters. The quantitative estimate of drug-likeness (QED) is 0.0982. The van der Waals surface area contributed by atoms with Gasteiger partial charge in [-0.1, -0.05) is 63.5 Å². The zero-order valence-electron chi connectivity index (χ0n) is 27.1. The van der Waals surface area contributed by atoms with E-state index in [4.69, 9.17) is 9.47 Å². The minimum atomic E-state index is 0. The Hall–Kier alpha value is -1.25. The van der Waals surface area contributed by atoms with E-state index in [1.54, 1.807) is 0 Å². The molecule has 42 heavy (non-hydrogen) atoms. The number of fused-ring (bicyclic) bond motifs is 2. The summed E-state index contributed by atoms with van der Waals surface area (Å²) in [5.41, 5.74) is 3.03. The van der Waals surface area contributed by atoms with Gasteiger partial charge in [-0.15, -0.1) is 94.6 Å². The Bertz CT molecular complexity index is 1140. The van der Waals surface area contributed by atoms with Gasteiger partial charge in [-0.2, -0.15) is 11.1 Å². The summed E-state index contributed by atoms with van der Waals surface area (Å²) in [5, 5.41) is 5.62. The molecule has 4 aromatic carbocycles. The van der Waals surface area contributed by atoms with Crippen LogP contribution in [0.3, 0.4) is 0 Å². The molecule has 4 heteroatoms. The van der Waals surface area contributed by atoms with Crippen molar-refractivity contribution in [2.24, 2.45) is 0 Å². The third kappa shape index (κ3) is 15.0. The Morgan fingerprint density at radius 2 is 0.881 bits per heavy atom. The average molecular weight is 671 g/mol. The van der Waals surface area contributed by atoms with E-state index in [0.717, 1.165) is 13.2 Å². The maximum atomic E-state index is 5.74. The van der Waals surface area contributed by atoms with Gasteiger partial charge in [-0.05, 0) is 54.4 Å². The average Bonchev–Trinajstić information content (AvgIpc) is 3.51. The summed E-state index contributed by atoms with van der Waals surface area (Å²) in [4.78, 5) is 0. The third-order valence-corrected chi connectivity index (χ3v) is 7.29. The van der Waals surface area contributed by atoms with Crippen molar-refractivity contribution >= 4 is 34.0 Å². The molecule has 0 fully saturated rings. The predicted molar refractivity (Wildman–Crippen MR) is 182 cm³/mol. The van der Waals surface area contributed by atoms with Crippen LogP contribution in [0.1, 0.15) is 104 Å². The molecule has 4 rings (SSSR count). The number of aryl methyl sites for hydroxylation is 2. The van der Waals surface area contributed by atoms with Gasteiger partial charge >= 0.3 is 26.2 Å². The number of ether oxygens (including phenoxy) is 2. The van der Waals surface area contributed by atoms with Crippen LogP contribution >= 0.6 is 12.4 Å². The van der Waals surface area contributed by atoms with E-state index in [1.807, 2.05) is 0 Å². The molecule has 0 aromatic heterocycles. The number of hydrogen-bond donors (Lipinski definition) is 0. The van der Waals surface area contributed by atoms with E-state index in [9.17, 15) is 0 Å². The van der Waals surface area contributed by atoms with Crippen molar-refractivity contribution in [1.29, 1.82) is 0 Å². The van der Waals surface area contributed by atoms with Crippen molar-refractivity contribution in [1.82, 2.24) is 0 Å². The molecule has 0 aliphatic heterocycles. The first-order valence-electron chi connectivity index (χ1n) is 15.7. The van der Waals surface area contributed by atoms with Crippen molar-refractivity contribution in [2.45, 2.75) is 117 Å². The second-order valence-corrected chi connectivity index (χ2v) is 13.1. The zero-order valence-corrected chi connectivity index (χ0v) is 30.4. The van der Waals surface area contributed by atoms with Crippen molar-refractivity contribution in [3.63, 3.8) is 0 Å². The molecule has 0 bridgehead atoms. The Kier molecular flexibility index (Phi) is 18.4. The minimum Gasteiger partial charge on any atom is -0.376 e. The maximum absolute atomic E-state index is 5.74. The first kappa shape index (κ1) is 38.8. The van der Waals surface area contributed by atoms with Crippen molar-refractivity contribution in [3.05, 3.63) is 83.9 Å². The predicted octanol–water partition coefficient (Wildman–Crippen LogP) is 11.4. The molecular weight excluding hydrogens is 615 g/mol. The summed E-state index contributed by atoms with van der Waals surface area (Å²) in [6.07, 6.45) is 12.5. The molecule has 0 aliphatic carbocycles. The van der Waals surface area contributed by atoms with Crippen molar-refractivity contribution < 1.29 is 35.7 Å². The van der Waals surface area contributed by atoms with Gasteiger partial charge in [-0.25, -0.2) is 0 Å². The molecule has 0 radical (unpaired) electrons. The standard InChI is InChI=1S/2C19H27O.ClH.Zr/c2*1-19(2,3)20-15-9-5-4-6-10-16-13-14-17-11-7-8-12-18(16)17;;/h2*7-8,11-14H,4-6,9-10,15H2,1-3H3;1H;/q2*-1;;+2. The molecule has 4 aromatic rings. The Labute approximate surface area is 282 Å².